The van der Waals surface area contributed by atoms with Crippen LogP contribution in [0.3, 0.4) is 0 Å². The van der Waals surface area contributed by atoms with Crippen molar-refractivity contribution in [2.75, 3.05) is 20.2 Å². The van der Waals surface area contributed by atoms with E-state index in [1.165, 1.54) is 0 Å². The Hall–Kier alpha value is -5.59. The molecule has 1 aliphatic rings. The molecule has 0 unspecified atom stereocenters. The summed E-state index contributed by atoms with van der Waals surface area (Å²) in [6, 6.07) is 27.1. The van der Waals surface area contributed by atoms with Gasteiger partial charge >= 0.3 is 7.12 Å². The Morgan fingerprint density at radius 2 is 1.58 bits per heavy atom. The molecule has 0 saturated carbocycles. The molecule has 0 radical (unpaired) electrons. The lowest BCUT2D eigenvalue weighted by molar-refractivity contribution is -0.121. The number of nitrogens with one attached hydrogen (secondary N) is 2. The van der Waals surface area contributed by atoms with Gasteiger partial charge in [-0.3, -0.25) is 19.1 Å². The SMILES string of the molecule is COc1ccc2c(c1)C(c1ccc(C)cc1)=N[C@@H](CC(=O)NCCNC(=O)c1cccc(-c3cccc(B(O)O)c3)c1)c1nnc(C)n1-2. The third-order valence-electron chi connectivity index (χ3n) is 8.21. The Labute approximate surface area is 278 Å². The van der Waals surface area contributed by atoms with Crippen LogP contribution in [0, 0.1) is 13.8 Å². The lowest BCUT2D eigenvalue weighted by Crippen LogP contribution is -2.35. The van der Waals surface area contributed by atoms with Gasteiger partial charge in [-0.15, -0.1) is 10.2 Å². The van der Waals surface area contributed by atoms with Crippen LogP contribution in [0.15, 0.2) is 96.0 Å². The van der Waals surface area contributed by atoms with Gasteiger partial charge in [-0.05, 0) is 60.8 Å². The highest BCUT2D eigenvalue weighted by Crippen LogP contribution is 2.34. The molecule has 1 atom stereocenters. The molecule has 48 heavy (non-hydrogen) atoms. The smallest absolute Gasteiger partial charge is 0.488 e. The van der Waals surface area contributed by atoms with Crippen molar-refractivity contribution in [3.63, 3.8) is 0 Å². The fraction of sp³-hybridized carbons (Fsp3) is 0.194. The third-order valence-corrected chi connectivity index (χ3v) is 8.21. The summed E-state index contributed by atoms with van der Waals surface area (Å²) in [5, 5.41) is 33.5. The van der Waals surface area contributed by atoms with Crippen molar-refractivity contribution in [1.29, 1.82) is 0 Å². The lowest BCUT2D eigenvalue weighted by Gasteiger charge is -2.14. The highest BCUT2D eigenvalue weighted by Gasteiger charge is 2.30. The molecule has 6 rings (SSSR count). The molecule has 0 fully saturated rings. The molecular weight excluding hydrogens is 607 g/mol. The predicted molar refractivity (Wildman–Crippen MR) is 184 cm³/mol. The van der Waals surface area contributed by atoms with Gasteiger partial charge in [-0.25, -0.2) is 0 Å². The standard InChI is InChI=1S/C36H35BN6O5/c1-22-10-12-24(13-11-22)34-30-20-29(48-3)14-15-32(30)43-23(2)41-42-35(43)31(40-34)21-33(44)38-16-17-39-36(45)27-8-4-6-25(18-27)26-7-5-9-28(19-26)37(46)47/h4-15,18-20,31,46-47H,16-17,21H2,1-3H3,(H,38,44)(H,39,45)/t31-/m0/s1. The zero-order valence-electron chi connectivity index (χ0n) is 26.8. The minimum Gasteiger partial charge on any atom is -0.497 e. The first kappa shape index (κ1) is 32.4. The molecule has 242 valence electrons. The van der Waals surface area contributed by atoms with Gasteiger partial charge in [-0.1, -0.05) is 66.2 Å². The van der Waals surface area contributed by atoms with Gasteiger partial charge in [0.2, 0.25) is 5.91 Å². The van der Waals surface area contributed by atoms with E-state index in [0.29, 0.717) is 28.4 Å². The van der Waals surface area contributed by atoms with E-state index in [-0.39, 0.29) is 31.3 Å². The molecule has 0 bridgehead atoms. The molecule has 12 heteroatoms. The number of carbonyl (C=O) groups excluding carboxylic acids is 2. The van der Waals surface area contributed by atoms with Crippen molar-refractivity contribution >= 4 is 30.1 Å². The van der Waals surface area contributed by atoms with Crippen LogP contribution in [-0.2, 0) is 4.79 Å². The molecule has 5 aromatic rings. The summed E-state index contributed by atoms with van der Waals surface area (Å²) >= 11 is 0. The Bertz CT molecular complexity index is 2010. The number of aliphatic imine (C=N–C) groups is 1. The molecule has 0 spiro atoms. The average Bonchev–Trinajstić information content (AvgIpc) is 3.43. The molecule has 4 N–H and O–H groups in total. The number of hydrogen-bond donors (Lipinski definition) is 4. The summed E-state index contributed by atoms with van der Waals surface area (Å²) in [7, 11) is 0.0358. The van der Waals surface area contributed by atoms with Crippen molar-refractivity contribution in [3.8, 4) is 22.6 Å². The van der Waals surface area contributed by atoms with E-state index in [1.807, 2.05) is 73.0 Å². The summed E-state index contributed by atoms with van der Waals surface area (Å²) < 4.78 is 7.49. The Morgan fingerprint density at radius 3 is 2.33 bits per heavy atom. The number of fused-ring (bicyclic) bond motifs is 3. The average molecular weight is 643 g/mol. The minimum atomic E-state index is -1.58. The first-order valence-corrected chi connectivity index (χ1v) is 15.6. The van der Waals surface area contributed by atoms with Crippen molar-refractivity contribution in [2.45, 2.75) is 26.3 Å². The molecule has 2 amide bonds. The maximum Gasteiger partial charge on any atom is 0.488 e. The van der Waals surface area contributed by atoms with Crippen LogP contribution in [0.4, 0.5) is 0 Å². The maximum atomic E-state index is 13.3. The van der Waals surface area contributed by atoms with Gasteiger partial charge in [0, 0.05) is 29.8 Å². The number of methoxy groups -OCH3 is 1. The number of amides is 2. The summed E-state index contributed by atoms with van der Waals surface area (Å²) in [5.74, 6) is 1.37. The number of hydrogen-bond acceptors (Lipinski definition) is 8. The van der Waals surface area contributed by atoms with E-state index < -0.39 is 13.2 Å². The third kappa shape index (κ3) is 6.90. The predicted octanol–water partition coefficient (Wildman–Crippen LogP) is 3.07. The zero-order chi connectivity index (χ0) is 33.8. The van der Waals surface area contributed by atoms with Crippen LogP contribution in [0.25, 0.3) is 16.8 Å². The van der Waals surface area contributed by atoms with Crippen LogP contribution < -0.4 is 20.8 Å². The Kier molecular flexibility index (Phi) is 9.46. The first-order valence-electron chi connectivity index (χ1n) is 15.6. The molecule has 0 saturated heterocycles. The fourth-order valence-electron chi connectivity index (χ4n) is 5.73. The quantitative estimate of drug-likeness (QED) is 0.135. The molecule has 1 aliphatic heterocycles. The van der Waals surface area contributed by atoms with Gasteiger partial charge in [0.25, 0.3) is 5.91 Å². The Balaban J connectivity index is 1.15. The number of aryl methyl sites for hydroxylation is 2. The highest BCUT2D eigenvalue weighted by atomic mass is 16.5. The highest BCUT2D eigenvalue weighted by molar-refractivity contribution is 6.58. The zero-order valence-corrected chi connectivity index (χ0v) is 26.8. The van der Waals surface area contributed by atoms with Gasteiger partial charge < -0.3 is 25.4 Å². The van der Waals surface area contributed by atoms with Gasteiger partial charge in [0.1, 0.15) is 17.6 Å². The van der Waals surface area contributed by atoms with E-state index in [1.54, 1.807) is 43.5 Å². The van der Waals surface area contributed by atoms with Gasteiger partial charge in [0.05, 0.1) is 24.9 Å². The van der Waals surface area contributed by atoms with Crippen molar-refractivity contribution < 1.29 is 24.4 Å². The first-order chi connectivity index (χ1) is 23.2. The second kappa shape index (κ2) is 14.0. The van der Waals surface area contributed by atoms with Crippen LogP contribution in [0.1, 0.15) is 51.2 Å². The Morgan fingerprint density at radius 1 is 0.854 bits per heavy atom. The lowest BCUT2D eigenvalue weighted by atomic mass is 9.79. The topological polar surface area (TPSA) is 151 Å². The van der Waals surface area contributed by atoms with Crippen molar-refractivity contribution in [2.24, 2.45) is 4.99 Å². The molecule has 1 aromatic heterocycles. The van der Waals surface area contributed by atoms with E-state index in [9.17, 15) is 19.6 Å². The second-order valence-electron chi connectivity index (χ2n) is 11.6. The number of aromatic nitrogens is 3. The van der Waals surface area contributed by atoms with E-state index >= 15 is 0 Å². The number of benzene rings is 4. The van der Waals surface area contributed by atoms with E-state index in [4.69, 9.17) is 9.73 Å². The summed E-state index contributed by atoms with van der Waals surface area (Å²) in [5.41, 5.74) is 6.75. The van der Waals surface area contributed by atoms with Gasteiger partial charge in [0.15, 0.2) is 5.82 Å². The van der Waals surface area contributed by atoms with Crippen molar-refractivity contribution in [3.05, 3.63) is 125 Å². The molecule has 11 nitrogen and oxygen atoms in total. The van der Waals surface area contributed by atoms with Crippen LogP contribution in [-0.4, -0.2) is 69.7 Å². The molecular formula is C36H35BN6O5. The van der Waals surface area contributed by atoms with Gasteiger partial charge in [-0.2, -0.15) is 0 Å². The number of nitrogens with zero attached hydrogens (tertiary/aromatic N) is 4. The normalized spacial score (nSPS) is 13.4. The molecule has 0 aliphatic carbocycles. The monoisotopic (exact) mass is 642 g/mol. The fourth-order valence-corrected chi connectivity index (χ4v) is 5.73. The van der Waals surface area contributed by atoms with Crippen LogP contribution in [0.2, 0.25) is 0 Å². The molecule has 4 aromatic carbocycles. The van der Waals surface area contributed by atoms with E-state index in [2.05, 4.69) is 20.8 Å². The molecule has 2 heterocycles. The number of rotatable bonds is 10. The summed E-state index contributed by atoms with van der Waals surface area (Å²) in [6.45, 7) is 4.32. The van der Waals surface area contributed by atoms with Crippen LogP contribution >= 0.6 is 0 Å². The largest absolute Gasteiger partial charge is 0.497 e. The second-order valence-corrected chi connectivity index (χ2v) is 11.6. The number of ether oxygens (including phenoxy) is 1. The van der Waals surface area contributed by atoms with Crippen molar-refractivity contribution in [1.82, 2.24) is 25.4 Å². The van der Waals surface area contributed by atoms with Crippen LogP contribution in [0.5, 0.6) is 5.75 Å². The van der Waals surface area contributed by atoms with E-state index in [0.717, 1.165) is 39.2 Å². The summed E-state index contributed by atoms with van der Waals surface area (Å²) in [6.07, 6.45) is 0.0240. The summed E-state index contributed by atoms with van der Waals surface area (Å²) in [4.78, 5) is 31.3. The minimum absolute atomic E-state index is 0.0240. The maximum absolute atomic E-state index is 13.3. The number of carbonyl (C=O) groups is 2.